The van der Waals surface area contributed by atoms with Gasteiger partial charge in [-0.05, 0) is 24.3 Å². The summed E-state index contributed by atoms with van der Waals surface area (Å²) in [5, 5.41) is 3.40. The van der Waals surface area contributed by atoms with Gasteiger partial charge >= 0.3 is 6.18 Å². The van der Waals surface area contributed by atoms with E-state index in [0.29, 0.717) is 34.0 Å². The van der Waals surface area contributed by atoms with Crippen molar-refractivity contribution in [1.29, 1.82) is 0 Å². The molecule has 27 heavy (non-hydrogen) atoms. The molecule has 9 heteroatoms. The molecule has 0 aliphatic carbocycles. The van der Waals surface area contributed by atoms with Crippen molar-refractivity contribution in [2.45, 2.75) is 6.18 Å². The number of halogens is 3. The summed E-state index contributed by atoms with van der Waals surface area (Å²) in [6, 6.07) is 6.47. The number of hydrogen-bond donors (Lipinski definition) is 1. The van der Waals surface area contributed by atoms with E-state index in [1.54, 1.807) is 6.07 Å². The van der Waals surface area contributed by atoms with Crippen LogP contribution in [0.3, 0.4) is 0 Å². The molecule has 3 aromatic rings. The van der Waals surface area contributed by atoms with Gasteiger partial charge in [0.25, 0.3) is 0 Å². The maximum Gasteiger partial charge on any atom is 0.416 e. The third kappa shape index (κ3) is 3.53. The number of nitrogens with one attached hydrogen (secondary N) is 1. The topological polar surface area (TPSA) is 65.5 Å². The Morgan fingerprint density at radius 2 is 1.67 bits per heavy atom. The molecule has 6 nitrogen and oxygen atoms in total. The second-order valence-electron chi connectivity index (χ2n) is 5.47. The van der Waals surface area contributed by atoms with Gasteiger partial charge in [0.15, 0.2) is 11.5 Å². The molecule has 3 rings (SSSR count). The highest BCUT2D eigenvalue weighted by Gasteiger charge is 2.30. The van der Waals surface area contributed by atoms with Crippen LogP contribution in [-0.4, -0.2) is 31.3 Å². The van der Waals surface area contributed by atoms with Gasteiger partial charge in [0.05, 0.1) is 32.3 Å². The van der Waals surface area contributed by atoms with Crippen LogP contribution in [-0.2, 0) is 6.18 Å². The molecule has 0 radical (unpaired) electrons. The molecule has 0 aliphatic heterocycles. The SMILES string of the molecule is COc1cc2c(Nc3cccc(C(F)(F)F)c3)ncnc2c(OC)c1OC. The minimum atomic E-state index is -4.44. The summed E-state index contributed by atoms with van der Waals surface area (Å²) in [4.78, 5) is 8.35. The van der Waals surface area contributed by atoms with Gasteiger partial charge in [-0.3, -0.25) is 0 Å². The second kappa shape index (κ2) is 7.18. The van der Waals surface area contributed by atoms with Gasteiger partial charge in [0.2, 0.25) is 5.75 Å². The van der Waals surface area contributed by atoms with Crippen molar-refractivity contribution in [1.82, 2.24) is 9.97 Å². The van der Waals surface area contributed by atoms with Crippen LogP contribution >= 0.6 is 0 Å². The van der Waals surface area contributed by atoms with Crippen LogP contribution in [0.4, 0.5) is 24.7 Å². The summed E-state index contributed by atoms with van der Waals surface area (Å²) in [7, 11) is 4.39. The Bertz CT molecular complexity index is 977. The Labute approximate surface area is 152 Å². The fourth-order valence-corrected chi connectivity index (χ4v) is 2.67. The molecule has 1 N–H and O–H groups in total. The lowest BCUT2D eigenvalue weighted by Crippen LogP contribution is -2.05. The standard InChI is InChI=1S/C18H16F3N3O3/c1-25-13-8-12-14(16(27-3)15(13)26-2)22-9-23-17(12)24-11-6-4-5-10(7-11)18(19,20)21/h4-9H,1-3H3,(H,22,23,24). The third-order valence-corrected chi connectivity index (χ3v) is 3.89. The Balaban J connectivity index is 2.13. The maximum absolute atomic E-state index is 12.9. The lowest BCUT2D eigenvalue weighted by molar-refractivity contribution is -0.137. The summed E-state index contributed by atoms with van der Waals surface area (Å²) in [5.41, 5.74) is -0.0964. The number of methoxy groups -OCH3 is 3. The first-order chi connectivity index (χ1) is 12.9. The third-order valence-electron chi connectivity index (χ3n) is 3.89. The van der Waals surface area contributed by atoms with Crippen molar-refractivity contribution in [3.63, 3.8) is 0 Å². The van der Waals surface area contributed by atoms with E-state index in [1.807, 2.05) is 0 Å². The van der Waals surface area contributed by atoms with E-state index in [4.69, 9.17) is 14.2 Å². The molecule has 142 valence electrons. The van der Waals surface area contributed by atoms with Gasteiger partial charge in [-0.15, -0.1) is 0 Å². The van der Waals surface area contributed by atoms with Gasteiger partial charge in [0, 0.05) is 5.69 Å². The smallest absolute Gasteiger partial charge is 0.416 e. The zero-order chi connectivity index (χ0) is 19.6. The van der Waals surface area contributed by atoms with Crippen LogP contribution in [0.25, 0.3) is 10.9 Å². The monoisotopic (exact) mass is 379 g/mol. The van der Waals surface area contributed by atoms with E-state index in [-0.39, 0.29) is 5.69 Å². The molecule has 1 aromatic heterocycles. The summed E-state index contributed by atoms with van der Waals surface area (Å²) in [5.74, 6) is 1.37. The molecule has 1 heterocycles. The highest BCUT2D eigenvalue weighted by molar-refractivity contribution is 5.97. The predicted octanol–water partition coefficient (Wildman–Crippen LogP) is 4.42. The largest absolute Gasteiger partial charge is 0.493 e. The van der Waals surface area contributed by atoms with Crippen molar-refractivity contribution >= 4 is 22.4 Å². The first-order valence-corrected chi connectivity index (χ1v) is 7.77. The van der Waals surface area contributed by atoms with E-state index in [2.05, 4.69) is 15.3 Å². The number of benzene rings is 2. The minimum absolute atomic E-state index is 0.235. The predicted molar refractivity (Wildman–Crippen MR) is 93.9 cm³/mol. The Morgan fingerprint density at radius 3 is 2.30 bits per heavy atom. The molecule has 0 saturated heterocycles. The quantitative estimate of drug-likeness (QED) is 0.708. The normalized spacial score (nSPS) is 11.3. The van der Waals surface area contributed by atoms with Gasteiger partial charge in [-0.25, -0.2) is 9.97 Å². The molecule has 0 saturated carbocycles. The average Bonchev–Trinajstić information content (AvgIpc) is 2.66. The zero-order valence-electron chi connectivity index (χ0n) is 14.7. The fourth-order valence-electron chi connectivity index (χ4n) is 2.67. The van der Waals surface area contributed by atoms with Gasteiger partial charge < -0.3 is 19.5 Å². The molecule has 0 atom stereocenters. The highest BCUT2D eigenvalue weighted by atomic mass is 19.4. The van der Waals surface area contributed by atoms with Crippen LogP contribution in [0.15, 0.2) is 36.7 Å². The fraction of sp³-hybridized carbons (Fsp3) is 0.222. The van der Waals surface area contributed by atoms with E-state index < -0.39 is 11.7 Å². The van der Waals surface area contributed by atoms with Crippen molar-refractivity contribution in [3.05, 3.63) is 42.2 Å². The number of rotatable bonds is 5. The maximum atomic E-state index is 12.9. The number of alkyl halides is 3. The van der Waals surface area contributed by atoms with Crippen LogP contribution in [0.2, 0.25) is 0 Å². The first kappa shape index (κ1) is 18.6. The summed E-state index contributed by atoms with van der Waals surface area (Å²) >= 11 is 0. The number of nitrogens with zero attached hydrogens (tertiary/aromatic N) is 2. The van der Waals surface area contributed by atoms with Gasteiger partial charge in [-0.1, -0.05) is 6.07 Å². The number of fused-ring (bicyclic) bond motifs is 1. The number of ether oxygens (including phenoxy) is 3. The van der Waals surface area contributed by atoms with Crippen molar-refractivity contribution in [3.8, 4) is 17.2 Å². The van der Waals surface area contributed by atoms with Crippen LogP contribution in [0.5, 0.6) is 17.2 Å². The second-order valence-corrected chi connectivity index (χ2v) is 5.47. The molecule has 0 unspecified atom stereocenters. The average molecular weight is 379 g/mol. The first-order valence-electron chi connectivity index (χ1n) is 7.77. The van der Waals surface area contributed by atoms with Crippen molar-refractivity contribution < 1.29 is 27.4 Å². The highest BCUT2D eigenvalue weighted by Crippen LogP contribution is 2.44. The van der Waals surface area contributed by atoms with E-state index in [1.165, 1.54) is 39.8 Å². The lowest BCUT2D eigenvalue weighted by atomic mass is 10.1. The molecular weight excluding hydrogens is 363 g/mol. The molecule has 0 bridgehead atoms. The molecule has 0 aliphatic rings. The van der Waals surface area contributed by atoms with Crippen LogP contribution in [0.1, 0.15) is 5.56 Å². The summed E-state index contributed by atoms with van der Waals surface area (Å²) in [6.07, 6.45) is -3.15. The molecular formula is C18H16F3N3O3. The lowest BCUT2D eigenvalue weighted by Gasteiger charge is -2.16. The summed E-state index contributed by atoms with van der Waals surface area (Å²) in [6.45, 7) is 0. The van der Waals surface area contributed by atoms with E-state index >= 15 is 0 Å². The Morgan fingerprint density at radius 1 is 0.926 bits per heavy atom. The van der Waals surface area contributed by atoms with Gasteiger partial charge in [0.1, 0.15) is 17.7 Å². The number of aromatic nitrogens is 2. The van der Waals surface area contributed by atoms with E-state index in [0.717, 1.165) is 12.1 Å². The van der Waals surface area contributed by atoms with Crippen LogP contribution < -0.4 is 19.5 Å². The Hall–Kier alpha value is -3.23. The zero-order valence-corrected chi connectivity index (χ0v) is 14.7. The van der Waals surface area contributed by atoms with Gasteiger partial charge in [-0.2, -0.15) is 13.2 Å². The van der Waals surface area contributed by atoms with E-state index in [9.17, 15) is 13.2 Å². The number of anilines is 2. The molecule has 0 spiro atoms. The number of hydrogen-bond acceptors (Lipinski definition) is 6. The van der Waals surface area contributed by atoms with Crippen molar-refractivity contribution in [2.75, 3.05) is 26.6 Å². The molecule has 2 aromatic carbocycles. The summed E-state index contributed by atoms with van der Waals surface area (Å²) < 4.78 is 54.9. The minimum Gasteiger partial charge on any atom is -0.493 e. The molecule has 0 fully saturated rings. The Kier molecular flexibility index (Phi) is 4.93. The van der Waals surface area contributed by atoms with Crippen LogP contribution in [0, 0.1) is 0 Å². The van der Waals surface area contributed by atoms with Crippen molar-refractivity contribution in [2.24, 2.45) is 0 Å². The molecule has 0 amide bonds.